The lowest BCUT2D eigenvalue weighted by Crippen LogP contribution is -2.70. The first-order chi connectivity index (χ1) is 42.9. The summed E-state index contributed by atoms with van der Waals surface area (Å²) in [4.78, 5) is 38.5. The predicted molar refractivity (Wildman–Crippen MR) is 334 cm³/mol. The van der Waals surface area contributed by atoms with Crippen molar-refractivity contribution in [2.75, 3.05) is 26.4 Å². The van der Waals surface area contributed by atoms with Crippen LogP contribution in [0.3, 0.4) is 0 Å². The van der Waals surface area contributed by atoms with Gasteiger partial charge in [-0.15, -0.1) is 0 Å². The molecule has 3 aliphatic heterocycles. The molecule has 23 nitrogen and oxygen atoms in total. The Hall–Kier alpha value is -2.53. The monoisotopic (exact) mass is 1280 g/mol. The molecular weight excluding hydrogens is 1160 g/mol. The molecule has 0 aliphatic carbocycles. The van der Waals surface area contributed by atoms with E-state index in [0.29, 0.717) is 19.3 Å². The lowest BCUT2D eigenvalue weighted by atomic mass is 9.88. The highest BCUT2D eigenvalue weighted by Gasteiger charge is 2.60. The number of carboxylic acids is 1. The van der Waals surface area contributed by atoms with E-state index in [-0.39, 0.29) is 18.9 Å². The molecule has 522 valence electrons. The number of aliphatic hydroxyl groups is 11. The van der Waals surface area contributed by atoms with Gasteiger partial charge in [0.25, 0.3) is 5.79 Å². The molecule has 3 rings (SSSR count). The molecule has 0 spiro atoms. The normalized spacial score (nSPS) is 28.8. The van der Waals surface area contributed by atoms with Crippen LogP contribution in [-0.2, 0) is 42.8 Å². The van der Waals surface area contributed by atoms with Crippen LogP contribution in [0.1, 0.15) is 252 Å². The number of aliphatic carboxylic acids is 1. The van der Waals surface area contributed by atoms with Gasteiger partial charge in [0.2, 0.25) is 11.8 Å². The van der Waals surface area contributed by atoms with Gasteiger partial charge in [-0.25, -0.2) is 4.79 Å². The number of ether oxygens (including phenoxy) is 6. The van der Waals surface area contributed by atoms with Gasteiger partial charge >= 0.3 is 5.97 Å². The fraction of sp³-hybridized carbons (Fsp3) is 0.924. The number of carbonyl (C=O) groups excluding carboxylic acids is 2. The van der Waals surface area contributed by atoms with E-state index in [9.17, 15) is 75.7 Å². The molecule has 23 heteroatoms. The average molecular weight is 1280 g/mol. The molecule has 3 aliphatic rings. The Bertz CT molecular complexity index is 1860. The van der Waals surface area contributed by atoms with Crippen LogP contribution in [0, 0.1) is 0 Å². The van der Waals surface area contributed by atoms with Crippen molar-refractivity contribution in [1.29, 1.82) is 0 Å². The van der Waals surface area contributed by atoms with Crippen molar-refractivity contribution in [2.45, 2.75) is 362 Å². The number of aliphatic hydroxyl groups excluding tert-OH is 11. The van der Waals surface area contributed by atoms with Crippen LogP contribution in [-0.4, -0.2) is 215 Å². The molecule has 0 bridgehead atoms. The second-order valence-electron chi connectivity index (χ2n) is 25.4. The summed E-state index contributed by atoms with van der Waals surface area (Å²) in [7, 11) is 0. The van der Waals surface area contributed by atoms with E-state index < -0.39 is 148 Å². The zero-order valence-electron chi connectivity index (χ0n) is 54.3. The Labute approximate surface area is 531 Å². The van der Waals surface area contributed by atoms with Crippen LogP contribution in [0.4, 0.5) is 0 Å². The van der Waals surface area contributed by atoms with E-state index in [1.165, 1.54) is 148 Å². The number of nitrogens with one attached hydrogen (secondary N) is 2. The highest BCUT2D eigenvalue weighted by atomic mass is 16.8. The van der Waals surface area contributed by atoms with Crippen molar-refractivity contribution in [2.24, 2.45) is 0 Å². The SMILES string of the molecule is CCCCCCCC/C=C\CCCCCC(=O)NC(COC1OC(CO)C(OC2OC(CO)C(O)C(OC3(C(=O)O)CC(O)C(NC(C)=O)C(C(O)C(O)CO)O3)C2O)C(O)C1O)C(O)CCCCCCCCCCCCCCCCCCCCCCCC. The molecule has 0 saturated carbocycles. The number of carboxylic acid groups (broad SMARTS) is 1. The molecular formula is C66H122N2O21. The minimum Gasteiger partial charge on any atom is -0.477 e. The first kappa shape index (κ1) is 80.7. The summed E-state index contributed by atoms with van der Waals surface area (Å²) in [5.74, 6) is -6.12. The summed E-state index contributed by atoms with van der Waals surface area (Å²) in [5, 5.41) is 136. The molecule has 18 unspecified atom stereocenters. The van der Waals surface area contributed by atoms with Crippen molar-refractivity contribution in [3.63, 3.8) is 0 Å². The van der Waals surface area contributed by atoms with E-state index in [4.69, 9.17) is 28.4 Å². The van der Waals surface area contributed by atoms with Crippen molar-refractivity contribution in [1.82, 2.24) is 10.6 Å². The Morgan fingerprint density at radius 3 is 1.52 bits per heavy atom. The van der Waals surface area contributed by atoms with Crippen molar-refractivity contribution in [3.05, 3.63) is 12.2 Å². The lowest BCUT2D eigenvalue weighted by Gasteiger charge is -2.50. The molecule has 0 aromatic carbocycles. The molecule has 89 heavy (non-hydrogen) atoms. The Morgan fingerprint density at radius 1 is 0.573 bits per heavy atom. The Kier molecular flexibility index (Phi) is 43.0. The molecule has 3 saturated heterocycles. The fourth-order valence-corrected chi connectivity index (χ4v) is 12.2. The summed E-state index contributed by atoms with van der Waals surface area (Å²) >= 11 is 0. The van der Waals surface area contributed by atoms with Crippen LogP contribution < -0.4 is 10.6 Å². The van der Waals surface area contributed by atoms with Gasteiger partial charge in [0.05, 0.1) is 50.7 Å². The highest BCUT2D eigenvalue weighted by Crippen LogP contribution is 2.39. The fourth-order valence-electron chi connectivity index (χ4n) is 12.2. The van der Waals surface area contributed by atoms with Crippen molar-refractivity contribution < 1.29 is 104 Å². The summed E-state index contributed by atoms with van der Waals surface area (Å²) in [5.41, 5.74) is 0. The molecule has 18 atom stereocenters. The predicted octanol–water partition coefficient (Wildman–Crippen LogP) is 5.90. The molecule has 0 aromatic rings. The maximum Gasteiger partial charge on any atom is 0.364 e. The summed E-state index contributed by atoms with van der Waals surface area (Å²) in [6.45, 7) is 2.19. The zero-order chi connectivity index (χ0) is 65.4. The highest BCUT2D eigenvalue weighted by molar-refractivity contribution is 5.77. The first-order valence-electron chi connectivity index (χ1n) is 34.5. The lowest BCUT2D eigenvalue weighted by molar-refractivity contribution is -0.386. The smallest absolute Gasteiger partial charge is 0.364 e. The van der Waals surface area contributed by atoms with Crippen LogP contribution in [0.2, 0.25) is 0 Å². The Morgan fingerprint density at radius 2 is 1.04 bits per heavy atom. The second kappa shape index (κ2) is 47.4. The number of hydrogen-bond donors (Lipinski definition) is 14. The van der Waals surface area contributed by atoms with Gasteiger partial charge in [0.15, 0.2) is 12.6 Å². The van der Waals surface area contributed by atoms with Gasteiger partial charge in [-0.2, -0.15) is 0 Å². The van der Waals surface area contributed by atoms with Crippen LogP contribution in [0.15, 0.2) is 12.2 Å². The van der Waals surface area contributed by atoms with Crippen LogP contribution in [0.25, 0.3) is 0 Å². The minimum atomic E-state index is -3.08. The largest absolute Gasteiger partial charge is 0.477 e. The van der Waals surface area contributed by atoms with E-state index in [0.717, 1.165) is 58.3 Å². The summed E-state index contributed by atoms with van der Waals surface area (Å²) in [6.07, 6.45) is 15.1. The third-order valence-electron chi connectivity index (χ3n) is 17.7. The molecule has 3 heterocycles. The molecule has 2 amide bonds. The molecule has 3 fully saturated rings. The molecule has 14 N–H and O–H groups in total. The van der Waals surface area contributed by atoms with Gasteiger partial charge in [-0.3, -0.25) is 9.59 Å². The van der Waals surface area contributed by atoms with Crippen LogP contribution in [0.5, 0.6) is 0 Å². The minimum absolute atomic E-state index is 0.204. The number of allylic oxidation sites excluding steroid dienone is 2. The van der Waals surface area contributed by atoms with Crippen molar-refractivity contribution >= 4 is 17.8 Å². The standard InChI is InChI=1S/C66H122N2O21/c1-4-6-8-10-12-14-16-18-19-20-21-22-23-24-25-26-28-29-31-33-35-37-39-48(73)47(68-53(76)40-38-36-34-32-30-27-17-15-13-11-9-7-5-2)45-84-63-58(80)57(79)60(52(44-71)86-63)87-64-59(81)62(56(78)51(43-70)85-64)89-66(65(82)83)41-49(74)54(67-46(3)72)61(88-66)55(77)50(75)42-69/h27,30,47-52,54-64,69-71,73-75,77-81H,4-26,28-29,31-45H2,1-3H3,(H,67,72)(H,68,76)(H,82,83)/b30-27-. The maximum atomic E-state index is 13.4. The van der Waals surface area contributed by atoms with Crippen LogP contribution >= 0.6 is 0 Å². The summed E-state index contributed by atoms with van der Waals surface area (Å²) < 4.78 is 34.8. The average Bonchev–Trinajstić information content (AvgIpc) is 2.61. The third kappa shape index (κ3) is 30.2. The van der Waals surface area contributed by atoms with Crippen molar-refractivity contribution in [3.8, 4) is 0 Å². The molecule has 0 aromatic heterocycles. The van der Waals surface area contributed by atoms with E-state index in [1.54, 1.807) is 0 Å². The quantitative estimate of drug-likeness (QED) is 0.0249. The summed E-state index contributed by atoms with van der Waals surface area (Å²) in [6, 6.07) is -2.54. The number of hydrogen-bond acceptors (Lipinski definition) is 20. The van der Waals surface area contributed by atoms with Gasteiger partial charge in [0.1, 0.15) is 67.1 Å². The number of amides is 2. The number of rotatable bonds is 52. The Balaban J connectivity index is 1.59. The molecule has 0 radical (unpaired) electrons. The third-order valence-corrected chi connectivity index (χ3v) is 17.7. The zero-order valence-corrected chi connectivity index (χ0v) is 54.3. The second-order valence-corrected chi connectivity index (χ2v) is 25.4. The van der Waals surface area contributed by atoms with E-state index in [2.05, 4.69) is 36.6 Å². The van der Waals surface area contributed by atoms with Gasteiger partial charge in [-0.1, -0.05) is 206 Å². The van der Waals surface area contributed by atoms with Gasteiger partial charge in [0, 0.05) is 19.8 Å². The van der Waals surface area contributed by atoms with E-state index in [1.807, 2.05) is 0 Å². The topological polar surface area (TPSA) is 373 Å². The number of carbonyl (C=O) groups is 3. The maximum absolute atomic E-state index is 13.4. The first-order valence-corrected chi connectivity index (χ1v) is 34.5. The van der Waals surface area contributed by atoms with Gasteiger partial charge in [-0.05, 0) is 38.5 Å². The van der Waals surface area contributed by atoms with E-state index >= 15 is 0 Å². The number of unbranched alkanes of at least 4 members (excludes halogenated alkanes) is 30. The van der Waals surface area contributed by atoms with Gasteiger partial charge < -0.3 is 100 Å².